The standard InChI is InChI=1S/C17H17F4N3O/c18-12-4-6-14(7-5-12)24-10-22-9-15(24)16(25)23-13-3-1-2-11(8-13)17(19,20)21/h4-7,9-11,13H,1-3,8H2,(H,23,25)/t11-,13-/m0/s1. The van der Waals surface area contributed by atoms with Gasteiger partial charge in [0.2, 0.25) is 0 Å². The van der Waals surface area contributed by atoms with Crippen LogP contribution in [0.2, 0.25) is 0 Å². The highest BCUT2D eigenvalue weighted by molar-refractivity contribution is 5.93. The second-order valence-corrected chi connectivity index (χ2v) is 6.20. The Morgan fingerprint density at radius 1 is 1.20 bits per heavy atom. The van der Waals surface area contributed by atoms with E-state index < -0.39 is 29.9 Å². The summed E-state index contributed by atoms with van der Waals surface area (Å²) in [5.74, 6) is -2.28. The first kappa shape index (κ1) is 17.4. The van der Waals surface area contributed by atoms with Crippen LogP contribution in [0.5, 0.6) is 0 Å². The summed E-state index contributed by atoms with van der Waals surface area (Å²) in [6.07, 6.45) is -0.567. The lowest BCUT2D eigenvalue weighted by atomic mass is 9.85. The summed E-state index contributed by atoms with van der Waals surface area (Å²) in [6, 6.07) is 4.98. The minimum absolute atomic E-state index is 0.101. The highest BCUT2D eigenvalue weighted by atomic mass is 19.4. The lowest BCUT2D eigenvalue weighted by Crippen LogP contribution is -2.42. The van der Waals surface area contributed by atoms with E-state index >= 15 is 0 Å². The van der Waals surface area contributed by atoms with Crippen LogP contribution in [0.15, 0.2) is 36.8 Å². The average Bonchev–Trinajstić information content (AvgIpc) is 3.05. The smallest absolute Gasteiger partial charge is 0.348 e. The number of hydrogen-bond donors (Lipinski definition) is 1. The minimum atomic E-state index is -4.24. The van der Waals surface area contributed by atoms with Crippen molar-refractivity contribution in [2.75, 3.05) is 0 Å². The number of halogens is 4. The highest BCUT2D eigenvalue weighted by Gasteiger charge is 2.42. The van der Waals surface area contributed by atoms with Crippen molar-refractivity contribution in [1.29, 1.82) is 0 Å². The van der Waals surface area contributed by atoms with Gasteiger partial charge in [0.05, 0.1) is 18.4 Å². The average molecular weight is 355 g/mol. The Kier molecular flexibility index (Phi) is 4.78. The molecule has 1 aliphatic rings. The maximum Gasteiger partial charge on any atom is 0.391 e. The molecule has 2 aromatic rings. The number of rotatable bonds is 3. The number of aromatic nitrogens is 2. The van der Waals surface area contributed by atoms with Crippen molar-refractivity contribution >= 4 is 5.91 Å². The molecule has 3 rings (SSSR count). The summed E-state index contributed by atoms with van der Waals surface area (Å²) >= 11 is 0. The summed E-state index contributed by atoms with van der Waals surface area (Å²) in [7, 11) is 0. The van der Waals surface area contributed by atoms with Crippen molar-refractivity contribution < 1.29 is 22.4 Å². The SMILES string of the molecule is O=C(N[C@H]1CCC[C@H](C(F)(F)F)C1)c1cncn1-c1ccc(F)cc1. The molecular formula is C17H17F4N3O. The van der Waals surface area contributed by atoms with E-state index in [-0.39, 0.29) is 18.5 Å². The molecule has 2 atom stereocenters. The van der Waals surface area contributed by atoms with Gasteiger partial charge in [0.25, 0.3) is 5.91 Å². The molecule has 1 saturated carbocycles. The zero-order chi connectivity index (χ0) is 18.0. The van der Waals surface area contributed by atoms with E-state index in [9.17, 15) is 22.4 Å². The molecule has 134 valence electrons. The number of nitrogens with one attached hydrogen (secondary N) is 1. The molecule has 1 aromatic heterocycles. The van der Waals surface area contributed by atoms with E-state index in [0.717, 1.165) is 0 Å². The molecule has 8 heteroatoms. The molecule has 1 heterocycles. The summed E-state index contributed by atoms with van der Waals surface area (Å²) < 4.78 is 53.2. The molecule has 0 spiro atoms. The van der Waals surface area contributed by atoms with Gasteiger partial charge in [-0.25, -0.2) is 9.37 Å². The van der Waals surface area contributed by atoms with Crippen molar-refractivity contribution in [3.8, 4) is 5.69 Å². The molecule has 0 radical (unpaired) electrons. The van der Waals surface area contributed by atoms with E-state index in [4.69, 9.17) is 0 Å². The van der Waals surface area contributed by atoms with Crippen LogP contribution in [-0.4, -0.2) is 27.7 Å². The van der Waals surface area contributed by atoms with Crippen molar-refractivity contribution in [1.82, 2.24) is 14.9 Å². The monoisotopic (exact) mass is 355 g/mol. The molecule has 0 unspecified atom stereocenters. The molecule has 1 N–H and O–H groups in total. The highest BCUT2D eigenvalue weighted by Crippen LogP contribution is 2.37. The number of alkyl halides is 3. The van der Waals surface area contributed by atoms with E-state index in [0.29, 0.717) is 18.5 Å². The number of amides is 1. The quantitative estimate of drug-likeness (QED) is 0.850. The maximum atomic E-state index is 13.0. The Morgan fingerprint density at radius 2 is 1.92 bits per heavy atom. The first-order valence-electron chi connectivity index (χ1n) is 8.00. The molecule has 0 saturated heterocycles. The van der Waals surface area contributed by atoms with Crippen LogP contribution in [0.4, 0.5) is 17.6 Å². The van der Waals surface area contributed by atoms with Crippen LogP contribution in [-0.2, 0) is 0 Å². The Morgan fingerprint density at radius 3 is 2.60 bits per heavy atom. The first-order chi connectivity index (χ1) is 11.8. The predicted octanol–water partition coefficient (Wildman–Crippen LogP) is 3.86. The lowest BCUT2D eigenvalue weighted by Gasteiger charge is -2.31. The number of carbonyl (C=O) groups is 1. The van der Waals surface area contributed by atoms with Crippen molar-refractivity contribution in [3.63, 3.8) is 0 Å². The second-order valence-electron chi connectivity index (χ2n) is 6.20. The Hall–Kier alpha value is -2.38. The van der Waals surface area contributed by atoms with Gasteiger partial charge in [-0.1, -0.05) is 6.42 Å². The second kappa shape index (κ2) is 6.85. The summed E-state index contributed by atoms with van der Waals surface area (Å²) in [5.41, 5.74) is 0.738. The largest absolute Gasteiger partial charge is 0.391 e. The minimum Gasteiger partial charge on any atom is -0.348 e. The van der Waals surface area contributed by atoms with Gasteiger partial charge in [0.15, 0.2) is 0 Å². The molecule has 1 fully saturated rings. The molecule has 4 nitrogen and oxygen atoms in total. The Balaban J connectivity index is 1.72. The fourth-order valence-electron chi connectivity index (χ4n) is 3.15. The summed E-state index contributed by atoms with van der Waals surface area (Å²) in [5, 5.41) is 2.67. The normalized spacial score (nSPS) is 21.1. The van der Waals surface area contributed by atoms with Gasteiger partial charge < -0.3 is 5.32 Å². The van der Waals surface area contributed by atoms with Gasteiger partial charge in [-0.3, -0.25) is 9.36 Å². The van der Waals surface area contributed by atoms with Crippen LogP contribution < -0.4 is 5.32 Å². The summed E-state index contributed by atoms with van der Waals surface area (Å²) in [6.45, 7) is 0. The van der Waals surface area contributed by atoms with Crippen molar-refractivity contribution in [3.05, 3.63) is 48.3 Å². The third-order valence-electron chi connectivity index (χ3n) is 4.45. The van der Waals surface area contributed by atoms with Crippen molar-refractivity contribution in [2.45, 2.75) is 37.9 Å². The van der Waals surface area contributed by atoms with E-state index in [1.54, 1.807) is 0 Å². The third-order valence-corrected chi connectivity index (χ3v) is 4.45. The van der Waals surface area contributed by atoms with Crippen LogP contribution in [0.25, 0.3) is 5.69 Å². The number of nitrogens with zero attached hydrogens (tertiary/aromatic N) is 2. The molecule has 1 amide bonds. The zero-order valence-corrected chi connectivity index (χ0v) is 13.3. The topological polar surface area (TPSA) is 46.9 Å². The van der Waals surface area contributed by atoms with Gasteiger partial charge in [-0.2, -0.15) is 13.2 Å². The molecule has 0 aliphatic heterocycles. The van der Waals surface area contributed by atoms with Crippen molar-refractivity contribution in [2.24, 2.45) is 5.92 Å². The van der Waals surface area contributed by atoms with Crippen LogP contribution in [0, 0.1) is 11.7 Å². The number of imidazole rings is 1. The van der Waals surface area contributed by atoms with E-state index in [2.05, 4.69) is 10.3 Å². The van der Waals surface area contributed by atoms with Gasteiger partial charge in [-0.15, -0.1) is 0 Å². The Labute approximate surface area is 141 Å². The molecular weight excluding hydrogens is 338 g/mol. The fraction of sp³-hybridized carbons (Fsp3) is 0.412. The van der Waals surface area contributed by atoms with Crippen LogP contribution >= 0.6 is 0 Å². The molecule has 1 aromatic carbocycles. The number of benzene rings is 1. The van der Waals surface area contributed by atoms with Gasteiger partial charge in [0.1, 0.15) is 11.5 Å². The number of carbonyl (C=O) groups excluding carboxylic acids is 1. The molecule has 25 heavy (non-hydrogen) atoms. The van der Waals surface area contributed by atoms with Gasteiger partial charge >= 0.3 is 6.18 Å². The van der Waals surface area contributed by atoms with Crippen LogP contribution in [0.3, 0.4) is 0 Å². The van der Waals surface area contributed by atoms with Gasteiger partial charge in [0, 0.05) is 11.7 Å². The predicted molar refractivity (Wildman–Crippen MR) is 82.8 cm³/mol. The Bertz CT molecular complexity index is 739. The van der Waals surface area contributed by atoms with E-state index in [1.807, 2.05) is 0 Å². The third kappa shape index (κ3) is 4.00. The van der Waals surface area contributed by atoms with E-state index in [1.165, 1.54) is 41.4 Å². The maximum absolute atomic E-state index is 13.0. The van der Waals surface area contributed by atoms with Gasteiger partial charge in [-0.05, 0) is 43.5 Å². The summed E-state index contributed by atoms with van der Waals surface area (Å²) in [4.78, 5) is 16.4. The first-order valence-corrected chi connectivity index (χ1v) is 8.00. The number of hydrogen-bond acceptors (Lipinski definition) is 2. The zero-order valence-electron chi connectivity index (χ0n) is 13.3. The molecule has 0 bridgehead atoms. The molecule has 1 aliphatic carbocycles. The fourth-order valence-corrected chi connectivity index (χ4v) is 3.15. The lowest BCUT2D eigenvalue weighted by molar-refractivity contribution is -0.183. The van der Waals surface area contributed by atoms with Crippen LogP contribution in [0.1, 0.15) is 36.2 Å².